The molecule has 2 rings (SSSR count). The van der Waals surface area contributed by atoms with Crippen molar-refractivity contribution in [3.05, 3.63) is 11.7 Å². The van der Waals surface area contributed by atoms with Crippen molar-refractivity contribution in [3.8, 4) is 0 Å². The van der Waals surface area contributed by atoms with E-state index >= 15 is 0 Å². The van der Waals surface area contributed by atoms with E-state index in [1.54, 1.807) is 0 Å². The molecular weight excluding hydrogens is 242 g/mol. The van der Waals surface area contributed by atoms with Crippen molar-refractivity contribution in [1.82, 2.24) is 10.1 Å². The van der Waals surface area contributed by atoms with Gasteiger partial charge in [0.1, 0.15) is 0 Å². The molecule has 0 saturated carbocycles. The van der Waals surface area contributed by atoms with E-state index in [9.17, 15) is 8.42 Å². The average molecular weight is 259 g/mol. The van der Waals surface area contributed by atoms with Gasteiger partial charge in [0.2, 0.25) is 5.89 Å². The Morgan fingerprint density at radius 1 is 1.59 bits per heavy atom. The van der Waals surface area contributed by atoms with E-state index in [0.717, 1.165) is 12.8 Å². The second-order valence-corrected chi connectivity index (χ2v) is 6.71. The van der Waals surface area contributed by atoms with Gasteiger partial charge in [0.25, 0.3) is 0 Å². The first kappa shape index (κ1) is 12.5. The molecule has 0 aliphatic carbocycles. The molecule has 2 heterocycles. The summed E-state index contributed by atoms with van der Waals surface area (Å²) in [5.41, 5.74) is 5.86. The minimum Gasteiger partial charge on any atom is -0.338 e. The summed E-state index contributed by atoms with van der Waals surface area (Å²) in [6.45, 7) is 2.03. The minimum absolute atomic E-state index is 0.120. The molecule has 2 N–H and O–H groups in total. The highest BCUT2D eigenvalue weighted by molar-refractivity contribution is 7.91. The van der Waals surface area contributed by atoms with Crippen LogP contribution in [0.25, 0.3) is 0 Å². The molecule has 1 aliphatic rings. The van der Waals surface area contributed by atoms with Crippen molar-refractivity contribution in [1.29, 1.82) is 0 Å². The molecule has 96 valence electrons. The molecule has 1 saturated heterocycles. The van der Waals surface area contributed by atoms with Crippen LogP contribution < -0.4 is 5.73 Å². The molecule has 0 radical (unpaired) electrons. The summed E-state index contributed by atoms with van der Waals surface area (Å²) in [7, 11) is -2.92. The van der Waals surface area contributed by atoms with Crippen LogP contribution in [0.4, 0.5) is 0 Å². The second kappa shape index (κ2) is 4.73. The van der Waals surface area contributed by atoms with Crippen molar-refractivity contribution in [2.24, 2.45) is 5.73 Å². The van der Waals surface area contributed by atoms with Gasteiger partial charge in [-0.3, -0.25) is 0 Å². The Kier molecular flexibility index (Phi) is 3.48. The minimum atomic E-state index is -2.92. The van der Waals surface area contributed by atoms with Crippen LogP contribution in [-0.4, -0.2) is 30.1 Å². The van der Waals surface area contributed by atoms with Gasteiger partial charge in [0.05, 0.1) is 17.5 Å². The third kappa shape index (κ3) is 2.84. The summed E-state index contributed by atoms with van der Waals surface area (Å²) < 4.78 is 27.8. The van der Waals surface area contributed by atoms with Crippen LogP contribution in [-0.2, 0) is 9.84 Å². The molecule has 0 aromatic carbocycles. The molecule has 6 nitrogen and oxygen atoms in total. The van der Waals surface area contributed by atoms with E-state index < -0.39 is 9.84 Å². The average Bonchev–Trinajstić information content (AvgIpc) is 2.84. The first-order chi connectivity index (χ1) is 8.02. The van der Waals surface area contributed by atoms with Gasteiger partial charge in [-0.25, -0.2) is 8.42 Å². The van der Waals surface area contributed by atoms with Crippen LogP contribution in [0.5, 0.6) is 0 Å². The number of hydrogen-bond acceptors (Lipinski definition) is 6. The van der Waals surface area contributed by atoms with Crippen LogP contribution >= 0.6 is 0 Å². The van der Waals surface area contributed by atoms with Crippen molar-refractivity contribution < 1.29 is 12.9 Å². The third-order valence-electron chi connectivity index (χ3n) is 2.97. The summed E-state index contributed by atoms with van der Waals surface area (Å²) in [6.07, 6.45) is 2.30. The van der Waals surface area contributed by atoms with E-state index in [1.807, 2.05) is 6.92 Å². The van der Waals surface area contributed by atoms with Crippen molar-refractivity contribution in [2.45, 2.75) is 38.1 Å². The molecule has 2 atom stereocenters. The summed E-state index contributed by atoms with van der Waals surface area (Å²) >= 11 is 0. The SMILES string of the molecule is CCC[C@H](N)c1nc(C2CCS(=O)(=O)C2)no1. The van der Waals surface area contributed by atoms with Gasteiger partial charge in [-0.2, -0.15) is 4.98 Å². The number of aromatic nitrogens is 2. The lowest BCUT2D eigenvalue weighted by molar-refractivity contribution is 0.343. The molecule has 0 spiro atoms. The molecule has 1 fully saturated rings. The fraction of sp³-hybridized carbons (Fsp3) is 0.800. The summed E-state index contributed by atoms with van der Waals surface area (Å²) in [5, 5.41) is 3.84. The molecule has 1 aromatic rings. The molecule has 17 heavy (non-hydrogen) atoms. The van der Waals surface area contributed by atoms with Gasteiger partial charge in [-0.05, 0) is 12.8 Å². The molecule has 1 aromatic heterocycles. The zero-order valence-corrected chi connectivity index (χ0v) is 10.6. The maximum Gasteiger partial charge on any atom is 0.243 e. The fourth-order valence-corrected chi connectivity index (χ4v) is 3.74. The number of rotatable bonds is 4. The maximum atomic E-state index is 11.3. The Bertz CT molecular complexity index is 483. The topological polar surface area (TPSA) is 99.1 Å². The molecular formula is C10H17N3O3S. The number of sulfone groups is 1. The lowest BCUT2D eigenvalue weighted by atomic mass is 10.1. The Morgan fingerprint density at radius 2 is 2.35 bits per heavy atom. The summed E-state index contributed by atoms with van der Waals surface area (Å²) in [5.74, 6) is 1.09. The largest absolute Gasteiger partial charge is 0.338 e. The predicted octanol–water partition coefficient (Wildman–Crippen LogP) is 0.772. The molecule has 7 heteroatoms. The van der Waals surface area contributed by atoms with Crippen LogP contribution in [0.1, 0.15) is 49.9 Å². The van der Waals surface area contributed by atoms with Gasteiger partial charge in [-0.1, -0.05) is 18.5 Å². The first-order valence-electron chi connectivity index (χ1n) is 5.81. The molecule has 0 bridgehead atoms. The normalized spacial score (nSPS) is 24.9. The zero-order chi connectivity index (χ0) is 12.5. The van der Waals surface area contributed by atoms with Crippen molar-refractivity contribution in [2.75, 3.05) is 11.5 Å². The van der Waals surface area contributed by atoms with Gasteiger partial charge in [-0.15, -0.1) is 0 Å². The Balaban J connectivity index is 2.09. The number of nitrogens with zero attached hydrogens (tertiary/aromatic N) is 2. The quantitative estimate of drug-likeness (QED) is 0.857. The molecule has 0 amide bonds. The van der Waals surface area contributed by atoms with E-state index in [2.05, 4.69) is 10.1 Å². The van der Waals surface area contributed by atoms with E-state index in [-0.39, 0.29) is 23.5 Å². The molecule has 1 unspecified atom stereocenters. The Hall–Kier alpha value is -0.950. The van der Waals surface area contributed by atoms with E-state index in [4.69, 9.17) is 10.3 Å². The highest BCUT2D eigenvalue weighted by Crippen LogP contribution is 2.27. The lowest BCUT2D eigenvalue weighted by Gasteiger charge is -2.02. The van der Waals surface area contributed by atoms with Crippen molar-refractivity contribution >= 4 is 9.84 Å². The first-order valence-corrected chi connectivity index (χ1v) is 7.63. The van der Waals surface area contributed by atoms with E-state index in [1.165, 1.54) is 0 Å². The van der Waals surface area contributed by atoms with Crippen LogP contribution in [0.2, 0.25) is 0 Å². The van der Waals surface area contributed by atoms with Gasteiger partial charge < -0.3 is 10.3 Å². The predicted molar refractivity (Wildman–Crippen MR) is 62.1 cm³/mol. The van der Waals surface area contributed by atoms with Crippen LogP contribution in [0, 0.1) is 0 Å². The number of hydrogen-bond donors (Lipinski definition) is 1. The van der Waals surface area contributed by atoms with Crippen LogP contribution in [0.3, 0.4) is 0 Å². The lowest BCUT2D eigenvalue weighted by Crippen LogP contribution is -2.10. The molecule has 1 aliphatic heterocycles. The van der Waals surface area contributed by atoms with E-state index in [0.29, 0.717) is 18.1 Å². The summed E-state index contributed by atoms with van der Waals surface area (Å²) in [4.78, 5) is 4.21. The smallest absolute Gasteiger partial charge is 0.243 e. The fourth-order valence-electron chi connectivity index (χ4n) is 2.00. The van der Waals surface area contributed by atoms with Crippen molar-refractivity contribution in [3.63, 3.8) is 0 Å². The van der Waals surface area contributed by atoms with Gasteiger partial charge in [0, 0.05) is 5.92 Å². The van der Waals surface area contributed by atoms with Gasteiger partial charge >= 0.3 is 0 Å². The highest BCUT2D eigenvalue weighted by Gasteiger charge is 2.32. The zero-order valence-electron chi connectivity index (χ0n) is 9.80. The third-order valence-corrected chi connectivity index (χ3v) is 4.74. The Labute approximate surface area is 100 Å². The maximum absolute atomic E-state index is 11.3. The Morgan fingerprint density at radius 3 is 2.94 bits per heavy atom. The summed E-state index contributed by atoms with van der Waals surface area (Å²) in [6, 6.07) is -0.251. The number of nitrogens with two attached hydrogens (primary N) is 1. The second-order valence-electron chi connectivity index (χ2n) is 4.49. The monoisotopic (exact) mass is 259 g/mol. The standard InChI is InChI=1S/C10H17N3O3S/c1-2-3-8(11)10-12-9(13-16-10)7-4-5-17(14,15)6-7/h7-8H,2-6,11H2,1H3/t7?,8-/m0/s1. The highest BCUT2D eigenvalue weighted by atomic mass is 32.2. The van der Waals surface area contributed by atoms with Gasteiger partial charge in [0.15, 0.2) is 15.7 Å². The van der Waals surface area contributed by atoms with Crippen LogP contribution in [0.15, 0.2) is 4.52 Å².